The summed E-state index contributed by atoms with van der Waals surface area (Å²) in [5.74, 6) is 0.426. The van der Waals surface area contributed by atoms with E-state index in [2.05, 4.69) is 40.1 Å². The molecule has 2 atom stereocenters. The molecule has 4 heteroatoms. The summed E-state index contributed by atoms with van der Waals surface area (Å²) in [6.07, 6.45) is 6.86. The van der Waals surface area contributed by atoms with Crippen molar-refractivity contribution < 1.29 is 9.53 Å². The van der Waals surface area contributed by atoms with E-state index in [9.17, 15) is 4.79 Å². The van der Waals surface area contributed by atoms with E-state index < -0.39 is 0 Å². The normalized spacial score (nSPS) is 26.1. The predicted molar refractivity (Wildman–Crippen MR) is 100 cm³/mol. The number of esters is 1. The molecule has 1 aromatic carbocycles. The van der Waals surface area contributed by atoms with Crippen molar-refractivity contribution in [3.05, 3.63) is 35.9 Å². The summed E-state index contributed by atoms with van der Waals surface area (Å²) in [6, 6.07) is 11.3. The number of carbonyl (C=O) groups is 1. The first kappa shape index (κ1) is 18.4. The van der Waals surface area contributed by atoms with E-state index in [4.69, 9.17) is 4.74 Å². The molecule has 1 heterocycles. The van der Waals surface area contributed by atoms with Crippen molar-refractivity contribution in [1.82, 2.24) is 9.80 Å². The van der Waals surface area contributed by atoms with Gasteiger partial charge in [-0.2, -0.15) is 0 Å². The van der Waals surface area contributed by atoms with Gasteiger partial charge in [-0.15, -0.1) is 0 Å². The van der Waals surface area contributed by atoms with Crippen LogP contribution in [0, 0.1) is 5.92 Å². The van der Waals surface area contributed by atoms with E-state index in [1.807, 2.05) is 0 Å². The van der Waals surface area contributed by atoms with Crippen LogP contribution in [0.1, 0.15) is 44.1 Å². The lowest BCUT2D eigenvalue weighted by Gasteiger charge is -2.42. The molecule has 0 spiro atoms. The molecule has 2 unspecified atom stereocenters. The van der Waals surface area contributed by atoms with Crippen LogP contribution in [-0.4, -0.2) is 55.1 Å². The fourth-order valence-electron chi connectivity index (χ4n) is 4.48. The van der Waals surface area contributed by atoms with Gasteiger partial charge >= 0.3 is 5.97 Å². The maximum absolute atomic E-state index is 11.8. The number of nitrogens with zero attached hydrogens (tertiary/aromatic N) is 2. The van der Waals surface area contributed by atoms with Crippen LogP contribution in [0.3, 0.4) is 0 Å². The van der Waals surface area contributed by atoms with Crippen LogP contribution in [0.25, 0.3) is 0 Å². The molecular weight excluding hydrogens is 312 g/mol. The van der Waals surface area contributed by atoms with Crippen LogP contribution >= 0.6 is 0 Å². The van der Waals surface area contributed by atoms with E-state index in [1.54, 1.807) is 0 Å². The largest absolute Gasteiger partial charge is 0.469 e. The van der Waals surface area contributed by atoms with Crippen molar-refractivity contribution in [1.29, 1.82) is 0 Å². The summed E-state index contributed by atoms with van der Waals surface area (Å²) in [6.45, 7) is 5.53. The zero-order valence-electron chi connectivity index (χ0n) is 15.5. The standard InChI is InChI=1S/C21H32N2O2/c1-25-21(24)16-19-10-6-3-7-11-20(19)23-14-12-22(13-15-23)17-18-8-4-2-5-9-18/h2,4-5,8-9,19-20H,3,6-7,10-17H2,1H3. The second-order valence-electron chi connectivity index (χ2n) is 7.54. The highest BCUT2D eigenvalue weighted by atomic mass is 16.5. The second-order valence-corrected chi connectivity index (χ2v) is 7.54. The lowest BCUT2D eigenvalue weighted by molar-refractivity contribution is -0.142. The Morgan fingerprint density at radius 1 is 1.04 bits per heavy atom. The molecule has 1 saturated carbocycles. The molecule has 0 aromatic heterocycles. The van der Waals surface area contributed by atoms with Crippen LogP contribution in [0.2, 0.25) is 0 Å². The lowest BCUT2D eigenvalue weighted by atomic mass is 9.90. The van der Waals surface area contributed by atoms with Crippen LogP contribution in [0.4, 0.5) is 0 Å². The fraction of sp³-hybridized carbons (Fsp3) is 0.667. The third-order valence-corrected chi connectivity index (χ3v) is 5.90. The van der Waals surface area contributed by atoms with Gasteiger partial charge in [-0.05, 0) is 24.3 Å². The van der Waals surface area contributed by atoms with Crippen LogP contribution in [0.15, 0.2) is 30.3 Å². The molecule has 0 radical (unpaired) electrons. The van der Waals surface area contributed by atoms with Crippen LogP contribution < -0.4 is 0 Å². The fourth-order valence-corrected chi connectivity index (χ4v) is 4.48. The zero-order chi connectivity index (χ0) is 17.5. The molecule has 1 aromatic rings. The molecular formula is C21H32N2O2. The van der Waals surface area contributed by atoms with Gasteiger partial charge in [0.2, 0.25) is 0 Å². The van der Waals surface area contributed by atoms with Gasteiger partial charge in [0, 0.05) is 45.2 Å². The molecule has 2 fully saturated rings. The topological polar surface area (TPSA) is 32.8 Å². The predicted octanol–water partition coefficient (Wildman–Crippen LogP) is 3.32. The summed E-state index contributed by atoms with van der Waals surface area (Å²) in [4.78, 5) is 17.0. The average Bonchev–Trinajstić information content (AvgIpc) is 2.88. The molecule has 1 saturated heterocycles. The average molecular weight is 344 g/mol. The smallest absolute Gasteiger partial charge is 0.305 e. The van der Waals surface area contributed by atoms with Gasteiger partial charge in [0.25, 0.3) is 0 Å². The second kappa shape index (κ2) is 9.35. The number of hydrogen-bond donors (Lipinski definition) is 0. The van der Waals surface area contributed by atoms with Crippen molar-refractivity contribution in [2.24, 2.45) is 5.92 Å². The maximum atomic E-state index is 11.8. The summed E-state index contributed by atoms with van der Waals surface area (Å²) >= 11 is 0. The van der Waals surface area contributed by atoms with E-state index in [0.29, 0.717) is 18.4 Å². The van der Waals surface area contributed by atoms with Crippen LogP contribution in [-0.2, 0) is 16.1 Å². The Kier molecular flexibility index (Phi) is 6.88. The van der Waals surface area contributed by atoms with E-state index in [0.717, 1.165) is 32.7 Å². The third-order valence-electron chi connectivity index (χ3n) is 5.90. The molecule has 1 aliphatic carbocycles. The van der Waals surface area contributed by atoms with Crippen molar-refractivity contribution in [3.63, 3.8) is 0 Å². The maximum Gasteiger partial charge on any atom is 0.305 e. The van der Waals surface area contributed by atoms with Gasteiger partial charge < -0.3 is 4.74 Å². The summed E-state index contributed by atoms with van der Waals surface area (Å²) in [5, 5.41) is 0. The summed E-state index contributed by atoms with van der Waals surface area (Å²) in [7, 11) is 1.51. The number of rotatable bonds is 5. The van der Waals surface area contributed by atoms with Gasteiger partial charge in [0.05, 0.1) is 7.11 Å². The Morgan fingerprint density at radius 3 is 2.48 bits per heavy atom. The molecule has 4 nitrogen and oxygen atoms in total. The van der Waals surface area contributed by atoms with Crippen molar-refractivity contribution in [2.45, 2.75) is 51.1 Å². The molecule has 2 aliphatic rings. The first-order valence-corrected chi connectivity index (χ1v) is 9.83. The molecule has 0 N–H and O–H groups in total. The molecule has 0 amide bonds. The highest BCUT2D eigenvalue weighted by molar-refractivity contribution is 5.69. The van der Waals surface area contributed by atoms with Crippen LogP contribution in [0.5, 0.6) is 0 Å². The van der Waals surface area contributed by atoms with Gasteiger partial charge in [0.15, 0.2) is 0 Å². The SMILES string of the molecule is COC(=O)CC1CCCCCC1N1CCN(Cc2ccccc2)CC1. The Labute approximate surface area is 152 Å². The molecule has 1 aliphatic heterocycles. The number of benzene rings is 1. The monoisotopic (exact) mass is 344 g/mol. The first-order valence-electron chi connectivity index (χ1n) is 9.83. The minimum atomic E-state index is -0.0420. The highest BCUT2D eigenvalue weighted by Gasteiger charge is 2.32. The van der Waals surface area contributed by atoms with E-state index in [-0.39, 0.29) is 5.97 Å². The van der Waals surface area contributed by atoms with Crippen molar-refractivity contribution in [3.8, 4) is 0 Å². The molecule has 25 heavy (non-hydrogen) atoms. The number of methoxy groups -OCH3 is 1. The number of ether oxygens (including phenoxy) is 1. The minimum absolute atomic E-state index is 0.0420. The van der Waals surface area contributed by atoms with Gasteiger partial charge in [-0.1, -0.05) is 49.6 Å². The van der Waals surface area contributed by atoms with E-state index >= 15 is 0 Å². The Balaban J connectivity index is 1.55. The number of piperazine rings is 1. The quantitative estimate of drug-likeness (QED) is 0.606. The Morgan fingerprint density at radius 2 is 1.76 bits per heavy atom. The summed E-state index contributed by atoms with van der Waals surface area (Å²) in [5.41, 5.74) is 1.40. The van der Waals surface area contributed by atoms with Gasteiger partial charge in [-0.3, -0.25) is 14.6 Å². The number of hydrogen-bond acceptors (Lipinski definition) is 4. The lowest BCUT2D eigenvalue weighted by Crippen LogP contribution is -2.52. The highest BCUT2D eigenvalue weighted by Crippen LogP contribution is 2.31. The molecule has 3 rings (SSSR count). The molecule has 0 bridgehead atoms. The molecule has 138 valence electrons. The Bertz CT molecular complexity index is 526. The first-order chi connectivity index (χ1) is 12.3. The van der Waals surface area contributed by atoms with Gasteiger partial charge in [0.1, 0.15) is 0 Å². The van der Waals surface area contributed by atoms with E-state index in [1.165, 1.54) is 44.8 Å². The minimum Gasteiger partial charge on any atom is -0.469 e. The van der Waals surface area contributed by atoms with Crippen molar-refractivity contribution >= 4 is 5.97 Å². The van der Waals surface area contributed by atoms with Crippen molar-refractivity contribution in [2.75, 3.05) is 33.3 Å². The van der Waals surface area contributed by atoms with Gasteiger partial charge in [-0.25, -0.2) is 0 Å². The third kappa shape index (κ3) is 5.29. The number of carbonyl (C=O) groups excluding carboxylic acids is 1. The Hall–Kier alpha value is -1.39. The summed E-state index contributed by atoms with van der Waals surface area (Å²) < 4.78 is 4.95. The zero-order valence-corrected chi connectivity index (χ0v) is 15.5.